The molecule has 0 aliphatic heterocycles. The summed E-state index contributed by atoms with van der Waals surface area (Å²) in [7, 11) is 0. The molecule has 33 heavy (non-hydrogen) atoms. The molecule has 0 aromatic carbocycles. The molecule has 3 nitrogen and oxygen atoms in total. The molecule has 0 aromatic rings. The van der Waals surface area contributed by atoms with Crippen molar-refractivity contribution in [2.24, 2.45) is 50.7 Å². The van der Waals surface area contributed by atoms with Crippen molar-refractivity contribution in [2.45, 2.75) is 112 Å². The largest absolute Gasteiger partial charge is 0.478 e. The van der Waals surface area contributed by atoms with Gasteiger partial charge in [-0.25, -0.2) is 4.79 Å². The van der Waals surface area contributed by atoms with E-state index in [2.05, 4.69) is 34.6 Å². The highest BCUT2D eigenvalue weighted by Crippen LogP contribution is 2.88. The van der Waals surface area contributed by atoms with E-state index in [1.165, 1.54) is 44.9 Å². The smallest absolute Gasteiger partial charge is 0.330 e. The summed E-state index contributed by atoms with van der Waals surface area (Å²) in [6.45, 7) is 13.9. The third-order valence-corrected chi connectivity index (χ3v) is 13.0. The summed E-state index contributed by atoms with van der Waals surface area (Å²) in [6, 6.07) is 0. The van der Waals surface area contributed by atoms with Crippen molar-refractivity contribution in [3.63, 3.8) is 0 Å². The highest BCUT2D eigenvalue weighted by molar-refractivity contribution is 5.86. The number of ketones is 1. The molecule has 3 heteroatoms. The van der Waals surface area contributed by atoms with Crippen LogP contribution in [0.2, 0.25) is 0 Å². The van der Waals surface area contributed by atoms with Gasteiger partial charge in [0.1, 0.15) is 5.78 Å². The molecule has 5 aliphatic carbocycles. The van der Waals surface area contributed by atoms with Crippen molar-refractivity contribution in [1.29, 1.82) is 0 Å². The van der Waals surface area contributed by atoms with Crippen LogP contribution in [-0.4, -0.2) is 16.9 Å². The van der Waals surface area contributed by atoms with Crippen molar-refractivity contribution in [1.82, 2.24) is 0 Å². The first-order valence-corrected chi connectivity index (χ1v) is 13.8. The Morgan fingerprint density at radius 3 is 2.36 bits per heavy atom. The first kappa shape index (κ1) is 23.6. The molecule has 0 aromatic heterocycles. The maximum absolute atomic E-state index is 12.8. The predicted octanol–water partition coefficient (Wildman–Crippen LogP) is 7.44. The van der Waals surface area contributed by atoms with Crippen LogP contribution >= 0.6 is 0 Å². The minimum atomic E-state index is -0.790. The van der Waals surface area contributed by atoms with Gasteiger partial charge in [0, 0.05) is 17.4 Å². The zero-order valence-corrected chi connectivity index (χ0v) is 21.9. The van der Waals surface area contributed by atoms with Crippen LogP contribution in [0.25, 0.3) is 0 Å². The number of hydrogen-bond donors (Lipinski definition) is 1. The fourth-order valence-electron chi connectivity index (χ4n) is 11.0. The highest BCUT2D eigenvalue weighted by Gasteiger charge is 2.82. The maximum Gasteiger partial charge on any atom is 0.330 e. The fourth-order valence-corrected chi connectivity index (χ4v) is 11.0. The summed E-state index contributed by atoms with van der Waals surface area (Å²) in [4.78, 5) is 24.0. The Balaban J connectivity index is 1.37. The normalized spacial score (nSPS) is 48.8. The number of carboxylic acid groups (broad SMARTS) is 1. The molecule has 184 valence electrons. The third kappa shape index (κ3) is 2.86. The van der Waals surface area contributed by atoms with Gasteiger partial charge < -0.3 is 5.11 Å². The standard InChI is InChI=1S/C30H46O3/c1-19(8-7-9-20(2)25(32)33)21-12-14-28(6)23-11-10-22-26(3,4)24(31)13-15-29(22)18-30(23,29)17-16-27(21,28)5/h9,19,21-23H,7-8,10-18H2,1-6H3,(H,32,33)/b20-9+/t19-,21+,22+,23+,27-,28+,29-,30+/m1/s1. The zero-order chi connectivity index (χ0) is 24.0. The lowest BCUT2D eigenvalue weighted by Gasteiger charge is -2.62. The lowest BCUT2D eigenvalue weighted by molar-refractivity contribution is -0.157. The number of allylic oxidation sites excluding steroid dienone is 1. The van der Waals surface area contributed by atoms with Gasteiger partial charge >= 0.3 is 5.97 Å². The number of fused-ring (bicyclic) bond motifs is 2. The predicted molar refractivity (Wildman–Crippen MR) is 132 cm³/mol. The molecule has 1 N–H and O–H groups in total. The molecule has 0 saturated heterocycles. The van der Waals surface area contributed by atoms with Crippen LogP contribution in [0.5, 0.6) is 0 Å². The Hall–Kier alpha value is -1.12. The summed E-state index contributed by atoms with van der Waals surface area (Å²) in [6.07, 6.45) is 15.3. The Morgan fingerprint density at radius 2 is 1.67 bits per heavy atom. The summed E-state index contributed by atoms with van der Waals surface area (Å²) >= 11 is 0. The van der Waals surface area contributed by atoms with E-state index in [9.17, 15) is 9.59 Å². The third-order valence-electron chi connectivity index (χ3n) is 13.0. The van der Waals surface area contributed by atoms with E-state index in [1.54, 1.807) is 6.92 Å². The number of carboxylic acids is 1. The van der Waals surface area contributed by atoms with Crippen LogP contribution in [0.1, 0.15) is 112 Å². The lowest BCUT2D eigenvalue weighted by atomic mass is 9.42. The van der Waals surface area contributed by atoms with Crippen molar-refractivity contribution in [3.05, 3.63) is 11.6 Å². The summed E-state index contributed by atoms with van der Waals surface area (Å²) in [5.41, 5.74) is 2.14. The van der Waals surface area contributed by atoms with E-state index in [1.807, 2.05) is 6.08 Å². The summed E-state index contributed by atoms with van der Waals surface area (Å²) < 4.78 is 0. The van der Waals surface area contributed by atoms with E-state index >= 15 is 0 Å². The SMILES string of the molecule is C/C(=C\CC[C@@H](C)[C@@H]1CC[C@@]2(C)[C@@H]3CC[C@H]4C(C)(C)C(=O)CC[C@@]45C[C@@]35CC[C@]12C)C(=O)O. The zero-order valence-electron chi connectivity index (χ0n) is 21.9. The number of rotatable bonds is 5. The average Bonchev–Trinajstić information content (AvgIpc) is 3.33. The van der Waals surface area contributed by atoms with Crippen molar-refractivity contribution in [2.75, 3.05) is 0 Å². The van der Waals surface area contributed by atoms with Crippen molar-refractivity contribution >= 4 is 11.8 Å². The van der Waals surface area contributed by atoms with E-state index < -0.39 is 5.97 Å². The Kier molecular flexibility index (Phi) is 5.15. The highest BCUT2D eigenvalue weighted by atomic mass is 16.4. The van der Waals surface area contributed by atoms with E-state index in [4.69, 9.17) is 5.11 Å². The van der Waals surface area contributed by atoms with Crippen LogP contribution < -0.4 is 0 Å². The Morgan fingerprint density at radius 1 is 1.00 bits per heavy atom. The van der Waals surface area contributed by atoms with Crippen LogP contribution in [-0.2, 0) is 9.59 Å². The van der Waals surface area contributed by atoms with Crippen LogP contribution in [0.15, 0.2) is 11.6 Å². The van der Waals surface area contributed by atoms with Crippen molar-refractivity contribution in [3.8, 4) is 0 Å². The van der Waals surface area contributed by atoms with Gasteiger partial charge in [0.25, 0.3) is 0 Å². The monoisotopic (exact) mass is 454 g/mol. The van der Waals surface area contributed by atoms with Crippen molar-refractivity contribution < 1.29 is 14.7 Å². The topological polar surface area (TPSA) is 54.4 Å². The Bertz CT molecular complexity index is 900. The molecule has 2 spiro atoms. The molecular formula is C30H46O3. The summed E-state index contributed by atoms with van der Waals surface area (Å²) in [5, 5.41) is 9.17. The minimum absolute atomic E-state index is 0.122. The molecule has 5 saturated carbocycles. The number of carbonyl (C=O) groups excluding carboxylic acids is 1. The lowest BCUT2D eigenvalue weighted by Crippen LogP contribution is -2.57. The molecule has 5 aliphatic rings. The first-order valence-electron chi connectivity index (χ1n) is 13.8. The van der Waals surface area contributed by atoms with Gasteiger partial charge in [-0.05, 0) is 116 Å². The molecule has 0 radical (unpaired) electrons. The van der Waals surface area contributed by atoms with E-state index in [0.29, 0.717) is 44.9 Å². The second-order valence-electron chi connectivity index (χ2n) is 14.0. The number of hydrogen-bond acceptors (Lipinski definition) is 2. The van der Waals surface area contributed by atoms with Gasteiger partial charge in [0.05, 0.1) is 0 Å². The second-order valence-corrected chi connectivity index (χ2v) is 14.0. The van der Waals surface area contributed by atoms with Gasteiger partial charge in [-0.15, -0.1) is 0 Å². The van der Waals surface area contributed by atoms with Gasteiger partial charge in [-0.3, -0.25) is 4.79 Å². The van der Waals surface area contributed by atoms with Crippen LogP contribution in [0.4, 0.5) is 0 Å². The maximum atomic E-state index is 12.8. The van der Waals surface area contributed by atoms with Gasteiger partial charge in [0.2, 0.25) is 0 Å². The van der Waals surface area contributed by atoms with E-state index in [0.717, 1.165) is 37.5 Å². The molecular weight excluding hydrogens is 408 g/mol. The number of aliphatic carboxylic acids is 1. The average molecular weight is 455 g/mol. The quantitative estimate of drug-likeness (QED) is 0.439. The fraction of sp³-hybridized carbons (Fsp3) is 0.867. The van der Waals surface area contributed by atoms with Gasteiger partial charge in [0.15, 0.2) is 0 Å². The van der Waals surface area contributed by atoms with Crippen LogP contribution in [0, 0.1) is 50.7 Å². The Labute approximate surface area is 201 Å². The molecule has 0 amide bonds. The minimum Gasteiger partial charge on any atom is -0.478 e. The molecule has 0 unspecified atom stereocenters. The van der Waals surface area contributed by atoms with Gasteiger partial charge in [-0.1, -0.05) is 40.7 Å². The second kappa shape index (κ2) is 7.20. The molecule has 5 rings (SSSR count). The molecule has 5 fully saturated rings. The summed E-state index contributed by atoms with van der Waals surface area (Å²) in [5.74, 6) is 2.55. The molecule has 8 atom stereocenters. The van der Waals surface area contributed by atoms with Crippen LogP contribution in [0.3, 0.4) is 0 Å². The molecule has 0 heterocycles. The number of Topliss-reactive ketones (excluding diaryl/α,β-unsaturated/α-hetero) is 1. The van der Waals surface area contributed by atoms with Gasteiger partial charge in [-0.2, -0.15) is 0 Å². The molecule has 0 bridgehead atoms. The first-order chi connectivity index (χ1) is 15.4. The number of carbonyl (C=O) groups is 2. The van der Waals surface area contributed by atoms with E-state index in [-0.39, 0.29) is 5.41 Å².